The van der Waals surface area contributed by atoms with E-state index in [9.17, 15) is 33.0 Å². The number of Topliss-reactive ketones (excluding diaryl/α,β-unsaturated/α-hetero) is 1. The van der Waals surface area contributed by atoms with Gasteiger partial charge in [0.1, 0.15) is 12.2 Å². The molecule has 1 aromatic carbocycles. The third kappa shape index (κ3) is 7.14. The molecule has 6 atom stereocenters. The van der Waals surface area contributed by atoms with Gasteiger partial charge in [-0.3, -0.25) is 9.59 Å². The molecule has 1 saturated carbocycles. The summed E-state index contributed by atoms with van der Waals surface area (Å²) in [5.41, 5.74) is -1.51. The van der Waals surface area contributed by atoms with Crippen LogP contribution in [-0.4, -0.2) is 117 Å². The Balaban J connectivity index is 1.63. The number of cyclic esters (lactones) is 1. The topological polar surface area (TPSA) is 160 Å². The van der Waals surface area contributed by atoms with Crippen LogP contribution in [0.3, 0.4) is 0 Å². The molecule has 0 amide bonds. The van der Waals surface area contributed by atoms with E-state index in [2.05, 4.69) is 18.7 Å². The lowest BCUT2D eigenvalue weighted by atomic mass is 9.53. The maximum atomic E-state index is 14.4. The number of sulfone groups is 1. The summed E-state index contributed by atoms with van der Waals surface area (Å²) < 4.78 is 44.2. The minimum atomic E-state index is -3.69. The molecule has 3 aliphatic carbocycles. The van der Waals surface area contributed by atoms with Crippen LogP contribution < -0.4 is 0 Å². The van der Waals surface area contributed by atoms with Crippen LogP contribution in [0.1, 0.15) is 60.3 Å². The molecule has 0 bridgehead atoms. The summed E-state index contributed by atoms with van der Waals surface area (Å²) in [5, 5.41) is 23.0. The summed E-state index contributed by atoms with van der Waals surface area (Å²) in [7, 11) is -2.24. The predicted molar refractivity (Wildman–Crippen MR) is 189 cm³/mol. The molecule has 1 heterocycles. The number of fused-ring (bicyclic) bond motifs is 4. The number of nitrogens with zero attached hydrogens (tertiary/aromatic N) is 2. The summed E-state index contributed by atoms with van der Waals surface area (Å²) in [5.74, 6) is -3.36. The number of hydrogen-bond acceptors (Lipinski definition) is 12. The van der Waals surface area contributed by atoms with E-state index in [0.717, 1.165) is 19.6 Å². The van der Waals surface area contributed by atoms with Crippen LogP contribution in [0.15, 0.2) is 69.5 Å². The van der Waals surface area contributed by atoms with Gasteiger partial charge in [-0.15, -0.1) is 0 Å². The van der Waals surface area contributed by atoms with E-state index in [1.807, 2.05) is 6.92 Å². The van der Waals surface area contributed by atoms with Gasteiger partial charge in [0.2, 0.25) is 5.78 Å². The fraction of sp³-hybridized carbons (Fsp3) is 0.605. The Hall–Kier alpha value is -3.52. The fourth-order valence-electron chi connectivity index (χ4n) is 8.72. The first-order chi connectivity index (χ1) is 24.1. The molecule has 0 aromatic heterocycles. The molecule has 1 saturated heterocycles. The number of esters is 2. The Morgan fingerprint density at radius 1 is 1.08 bits per heavy atom. The van der Waals surface area contributed by atoms with Crippen molar-refractivity contribution in [2.75, 3.05) is 52.2 Å². The van der Waals surface area contributed by atoms with Crippen LogP contribution in [-0.2, 0) is 38.4 Å². The van der Waals surface area contributed by atoms with Crippen molar-refractivity contribution in [1.29, 1.82) is 0 Å². The van der Waals surface area contributed by atoms with E-state index in [0.29, 0.717) is 31.4 Å². The van der Waals surface area contributed by atoms with Crippen molar-refractivity contribution in [3.8, 4) is 0 Å². The number of aliphatic hydroxyl groups is 2. The van der Waals surface area contributed by atoms with Crippen molar-refractivity contribution in [2.24, 2.45) is 16.7 Å². The fourth-order valence-corrected chi connectivity index (χ4v) is 10.00. The molecule has 1 aliphatic heterocycles. The van der Waals surface area contributed by atoms with Crippen LogP contribution in [0.2, 0.25) is 0 Å². The molecular formula is C38H52N2O10S. The summed E-state index contributed by atoms with van der Waals surface area (Å²) in [6.07, 6.45) is 0.580. The summed E-state index contributed by atoms with van der Waals surface area (Å²) in [6, 6.07) is 8.14. The van der Waals surface area contributed by atoms with Gasteiger partial charge in [-0.1, -0.05) is 39.0 Å². The number of rotatable bonds is 14. The standard InChI is InChI=1S/C38H52N2O10S/c1-7-39(8-2)17-12-18-40(19-20-51(46,47)25-13-10-9-11-14-25)22-26-32-35(44)34(43)31-27-15-16-29(42)37(27,4)21-28(49-24(3)41)33(31)38(32,5)30(23-48-6)50-36(26)45/h9-11,13-14,22,27-30,42,44H,7-8,12,15-21,23H2,1-6H3/b26-22-. The van der Waals surface area contributed by atoms with Gasteiger partial charge < -0.3 is 34.2 Å². The number of allylic oxidation sites excluding steroid dienone is 1. The highest BCUT2D eigenvalue weighted by Crippen LogP contribution is 2.63. The van der Waals surface area contributed by atoms with Crippen molar-refractivity contribution < 1.29 is 47.2 Å². The van der Waals surface area contributed by atoms with Gasteiger partial charge in [0.05, 0.1) is 34.3 Å². The quantitative estimate of drug-likeness (QED) is 0.211. The van der Waals surface area contributed by atoms with Gasteiger partial charge in [0, 0.05) is 49.9 Å². The molecule has 280 valence electrons. The molecule has 1 aromatic rings. The average Bonchev–Trinajstić information content (AvgIpc) is 3.39. The van der Waals surface area contributed by atoms with Gasteiger partial charge in [-0.2, -0.15) is 0 Å². The average molecular weight is 729 g/mol. The van der Waals surface area contributed by atoms with Crippen LogP contribution in [0.25, 0.3) is 0 Å². The number of benzene rings is 1. The molecule has 51 heavy (non-hydrogen) atoms. The molecule has 13 heteroatoms. The predicted octanol–water partition coefficient (Wildman–Crippen LogP) is 3.76. The summed E-state index contributed by atoms with van der Waals surface area (Å²) in [6.45, 7) is 11.8. The molecule has 0 spiro atoms. The first-order valence-electron chi connectivity index (χ1n) is 17.9. The lowest BCUT2D eigenvalue weighted by Crippen LogP contribution is -2.57. The van der Waals surface area contributed by atoms with Crippen molar-refractivity contribution >= 4 is 27.6 Å². The van der Waals surface area contributed by atoms with Crippen molar-refractivity contribution in [1.82, 2.24) is 9.80 Å². The summed E-state index contributed by atoms with van der Waals surface area (Å²) >= 11 is 0. The Bertz CT molecular complexity index is 1720. The Morgan fingerprint density at radius 3 is 2.39 bits per heavy atom. The first-order valence-corrected chi connectivity index (χ1v) is 19.5. The van der Waals surface area contributed by atoms with Crippen molar-refractivity contribution in [3.05, 3.63) is 64.6 Å². The van der Waals surface area contributed by atoms with Crippen LogP contribution >= 0.6 is 0 Å². The number of hydrogen-bond donors (Lipinski definition) is 2. The maximum absolute atomic E-state index is 14.4. The Labute approximate surface area is 301 Å². The number of ether oxygens (including phenoxy) is 3. The SMILES string of the molecule is CCN(CC)CCCN(/C=C1\C(=O)OC(COC)C2(C)C1=C(O)C(=O)C1=C2C(OC(C)=O)CC2(C)C(O)CCC12)CCS(=O)(=O)c1ccccc1. The number of carbonyl (C=O) groups is 3. The Morgan fingerprint density at radius 2 is 1.76 bits per heavy atom. The minimum absolute atomic E-state index is 0.0226. The van der Waals surface area contributed by atoms with Gasteiger partial charge in [0.25, 0.3) is 0 Å². The van der Waals surface area contributed by atoms with E-state index in [4.69, 9.17) is 14.2 Å². The molecule has 2 fully saturated rings. The van der Waals surface area contributed by atoms with E-state index < -0.39 is 68.4 Å². The number of methoxy groups -OCH3 is 1. The number of aliphatic hydroxyl groups excluding tert-OH is 2. The largest absolute Gasteiger partial charge is 0.504 e. The summed E-state index contributed by atoms with van der Waals surface area (Å²) in [4.78, 5) is 45.1. The zero-order valence-corrected chi connectivity index (χ0v) is 31.3. The number of ketones is 1. The molecular weight excluding hydrogens is 676 g/mol. The monoisotopic (exact) mass is 728 g/mol. The second-order valence-corrected chi connectivity index (χ2v) is 16.6. The van der Waals surface area contributed by atoms with Gasteiger partial charge in [-0.25, -0.2) is 13.2 Å². The normalized spacial score (nSPS) is 29.9. The van der Waals surface area contributed by atoms with Crippen molar-refractivity contribution in [3.63, 3.8) is 0 Å². The molecule has 5 rings (SSSR count). The molecule has 4 aliphatic rings. The molecule has 6 unspecified atom stereocenters. The lowest BCUT2D eigenvalue weighted by Gasteiger charge is -2.54. The van der Waals surface area contributed by atoms with Gasteiger partial charge >= 0.3 is 11.9 Å². The zero-order valence-electron chi connectivity index (χ0n) is 30.5. The highest BCUT2D eigenvalue weighted by molar-refractivity contribution is 7.91. The smallest absolute Gasteiger partial charge is 0.340 e. The van der Waals surface area contributed by atoms with E-state index in [1.165, 1.54) is 32.4 Å². The van der Waals surface area contributed by atoms with E-state index in [1.54, 1.807) is 30.0 Å². The Kier molecular flexibility index (Phi) is 11.6. The van der Waals surface area contributed by atoms with Crippen LogP contribution in [0, 0.1) is 16.7 Å². The van der Waals surface area contributed by atoms with E-state index >= 15 is 0 Å². The molecule has 0 radical (unpaired) electrons. The first kappa shape index (κ1) is 38.7. The van der Waals surface area contributed by atoms with E-state index in [-0.39, 0.29) is 46.9 Å². The maximum Gasteiger partial charge on any atom is 0.340 e. The third-order valence-electron chi connectivity index (χ3n) is 11.5. The number of carbonyl (C=O) groups excluding carboxylic acids is 3. The second kappa shape index (κ2) is 15.2. The lowest BCUT2D eigenvalue weighted by molar-refractivity contribution is -0.161. The van der Waals surface area contributed by atoms with Gasteiger partial charge in [0.15, 0.2) is 15.6 Å². The highest BCUT2D eigenvalue weighted by atomic mass is 32.2. The van der Waals surface area contributed by atoms with Crippen molar-refractivity contribution in [2.45, 2.75) is 83.5 Å². The third-order valence-corrected chi connectivity index (χ3v) is 13.2. The van der Waals surface area contributed by atoms with Gasteiger partial charge in [-0.05, 0) is 75.9 Å². The second-order valence-electron chi connectivity index (χ2n) is 14.5. The van der Waals surface area contributed by atoms with Crippen LogP contribution in [0.5, 0.6) is 0 Å². The minimum Gasteiger partial charge on any atom is -0.504 e. The molecule has 12 nitrogen and oxygen atoms in total. The van der Waals surface area contributed by atoms with Crippen LogP contribution in [0.4, 0.5) is 0 Å². The highest BCUT2D eigenvalue weighted by Gasteiger charge is 2.64. The molecule has 2 N–H and O–H groups in total. The zero-order chi connectivity index (χ0) is 37.3.